The molecule has 2 aliphatic heterocycles. The minimum Gasteiger partial charge on any atom is -0.381 e. The van der Waals surface area contributed by atoms with E-state index in [0.29, 0.717) is 12.1 Å². The average molecular weight is 269 g/mol. The summed E-state index contributed by atoms with van der Waals surface area (Å²) in [5.74, 6) is 0.714. The van der Waals surface area contributed by atoms with E-state index >= 15 is 0 Å². The molecule has 19 heavy (non-hydrogen) atoms. The van der Waals surface area contributed by atoms with E-state index in [1.807, 2.05) is 0 Å². The van der Waals surface area contributed by atoms with Crippen LogP contribution in [-0.4, -0.2) is 56.4 Å². The van der Waals surface area contributed by atoms with Crippen LogP contribution in [-0.2, 0) is 9.47 Å². The average Bonchev–Trinajstić information content (AvgIpc) is 2.49. The lowest BCUT2D eigenvalue weighted by atomic mass is 10.1. The Bertz CT molecular complexity index is 272. The van der Waals surface area contributed by atoms with Gasteiger partial charge in [0.1, 0.15) is 0 Å². The van der Waals surface area contributed by atoms with Crippen LogP contribution in [0.25, 0.3) is 0 Å². The van der Waals surface area contributed by atoms with Crippen molar-refractivity contribution in [3.05, 3.63) is 0 Å². The predicted octanol–water partition coefficient (Wildman–Crippen LogP) is 1.37. The van der Waals surface area contributed by atoms with Crippen LogP contribution in [0.15, 0.2) is 4.99 Å². The quantitative estimate of drug-likeness (QED) is 0.465. The van der Waals surface area contributed by atoms with E-state index in [1.54, 1.807) is 0 Å². The highest BCUT2D eigenvalue weighted by Gasteiger charge is 2.14. The number of nitrogens with zero attached hydrogens (tertiary/aromatic N) is 2. The van der Waals surface area contributed by atoms with Gasteiger partial charge in [-0.2, -0.15) is 0 Å². The highest BCUT2D eigenvalue weighted by molar-refractivity contribution is 5.78. The molecular formula is C14H27N3O2. The third kappa shape index (κ3) is 5.37. The van der Waals surface area contributed by atoms with Gasteiger partial charge in [0.2, 0.25) is 0 Å². The van der Waals surface area contributed by atoms with Crippen molar-refractivity contribution in [3.63, 3.8) is 0 Å². The van der Waals surface area contributed by atoms with Gasteiger partial charge in [0.05, 0.1) is 6.10 Å². The first-order chi connectivity index (χ1) is 9.36. The molecule has 0 aromatic rings. The molecule has 2 aliphatic rings. The third-order valence-corrected chi connectivity index (χ3v) is 3.78. The lowest BCUT2D eigenvalue weighted by Gasteiger charge is -2.27. The Morgan fingerprint density at radius 1 is 1.21 bits per heavy atom. The summed E-state index contributed by atoms with van der Waals surface area (Å²) < 4.78 is 11.1. The maximum Gasteiger partial charge on any atom is 0.191 e. The molecule has 0 unspecified atom stereocenters. The zero-order valence-electron chi connectivity index (χ0n) is 11.9. The van der Waals surface area contributed by atoms with Crippen LogP contribution < -0.4 is 5.73 Å². The minimum absolute atomic E-state index is 0.386. The molecule has 110 valence electrons. The fraction of sp³-hybridized carbons (Fsp3) is 0.929. The molecule has 0 radical (unpaired) electrons. The maximum absolute atomic E-state index is 5.99. The smallest absolute Gasteiger partial charge is 0.191 e. The Morgan fingerprint density at radius 2 is 1.95 bits per heavy atom. The molecule has 2 N–H and O–H groups in total. The number of guanidine groups is 1. The number of aliphatic imine (C=N–C) groups is 1. The summed E-state index contributed by atoms with van der Waals surface area (Å²) in [6.45, 7) is 5.35. The molecule has 0 aliphatic carbocycles. The second kappa shape index (κ2) is 8.38. The molecule has 0 aromatic heterocycles. The zero-order valence-corrected chi connectivity index (χ0v) is 11.9. The molecule has 0 amide bonds. The van der Waals surface area contributed by atoms with Crippen LogP contribution in [0.2, 0.25) is 0 Å². The Labute approximate surface area is 116 Å². The molecule has 2 heterocycles. The number of piperidine rings is 1. The lowest BCUT2D eigenvalue weighted by Crippen LogP contribution is -2.40. The van der Waals surface area contributed by atoms with Crippen molar-refractivity contribution in [1.82, 2.24) is 4.90 Å². The van der Waals surface area contributed by atoms with E-state index in [9.17, 15) is 0 Å². The molecule has 2 rings (SSSR count). The fourth-order valence-corrected chi connectivity index (χ4v) is 2.57. The Kier molecular flexibility index (Phi) is 6.44. The fourth-order valence-electron chi connectivity index (χ4n) is 2.57. The van der Waals surface area contributed by atoms with E-state index in [-0.39, 0.29) is 0 Å². The van der Waals surface area contributed by atoms with Crippen LogP contribution >= 0.6 is 0 Å². The first kappa shape index (κ1) is 14.6. The normalized spacial score (nSPS) is 22.7. The van der Waals surface area contributed by atoms with Gasteiger partial charge in [0.25, 0.3) is 0 Å². The van der Waals surface area contributed by atoms with Crippen LogP contribution in [0, 0.1) is 0 Å². The van der Waals surface area contributed by atoms with E-state index in [0.717, 1.165) is 58.7 Å². The van der Waals surface area contributed by atoms with Gasteiger partial charge in [-0.1, -0.05) is 0 Å². The minimum atomic E-state index is 0.386. The largest absolute Gasteiger partial charge is 0.381 e. The summed E-state index contributed by atoms with van der Waals surface area (Å²) in [7, 11) is 0. The summed E-state index contributed by atoms with van der Waals surface area (Å²) in [5, 5.41) is 0. The molecule has 0 bridgehead atoms. The van der Waals surface area contributed by atoms with Crippen molar-refractivity contribution in [3.8, 4) is 0 Å². The van der Waals surface area contributed by atoms with Gasteiger partial charge in [-0.3, -0.25) is 4.99 Å². The monoisotopic (exact) mass is 269 g/mol. The number of hydrogen-bond donors (Lipinski definition) is 1. The van der Waals surface area contributed by atoms with Crippen molar-refractivity contribution < 1.29 is 9.47 Å². The van der Waals surface area contributed by atoms with Crippen LogP contribution in [0.5, 0.6) is 0 Å². The summed E-state index contributed by atoms with van der Waals surface area (Å²) in [6.07, 6.45) is 7.19. The SMILES string of the molecule is NC(=NCCCOC1CCOCC1)N1CCCCC1. The van der Waals surface area contributed by atoms with Gasteiger partial charge in [0, 0.05) is 39.5 Å². The number of likely N-dealkylation sites (tertiary alicyclic amines) is 1. The molecule has 0 saturated carbocycles. The maximum atomic E-state index is 5.99. The van der Waals surface area contributed by atoms with Crippen molar-refractivity contribution in [2.45, 2.75) is 44.6 Å². The van der Waals surface area contributed by atoms with Crippen LogP contribution in [0.1, 0.15) is 38.5 Å². The van der Waals surface area contributed by atoms with E-state index in [1.165, 1.54) is 19.3 Å². The first-order valence-corrected chi connectivity index (χ1v) is 7.60. The predicted molar refractivity (Wildman–Crippen MR) is 76.3 cm³/mol. The summed E-state index contributed by atoms with van der Waals surface area (Å²) in [5.41, 5.74) is 5.99. The van der Waals surface area contributed by atoms with Gasteiger partial charge in [-0.15, -0.1) is 0 Å². The molecule has 0 atom stereocenters. The Balaban J connectivity index is 1.54. The summed E-state index contributed by atoms with van der Waals surface area (Å²) in [4.78, 5) is 6.64. The third-order valence-electron chi connectivity index (χ3n) is 3.78. The number of nitrogens with two attached hydrogens (primary N) is 1. The molecule has 2 saturated heterocycles. The van der Waals surface area contributed by atoms with Crippen molar-refractivity contribution in [2.75, 3.05) is 39.5 Å². The first-order valence-electron chi connectivity index (χ1n) is 7.60. The Hall–Kier alpha value is -0.810. The van der Waals surface area contributed by atoms with Crippen molar-refractivity contribution >= 4 is 5.96 Å². The van der Waals surface area contributed by atoms with Gasteiger partial charge >= 0.3 is 0 Å². The van der Waals surface area contributed by atoms with Gasteiger partial charge in [-0.05, 0) is 38.5 Å². The zero-order chi connectivity index (χ0) is 13.3. The van der Waals surface area contributed by atoms with Gasteiger partial charge < -0.3 is 20.1 Å². The van der Waals surface area contributed by atoms with Gasteiger partial charge in [-0.25, -0.2) is 0 Å². The molecule has 2 fully saturated rings. The molecule has 5 nitrogen and oxygen atoms in total. The molecular weight excluding hydrogens is 242 g/mol. The van der Waals surface area contributed by atoms with Crippen molar-refractivity contribution in [2.24, 2.45) is 10.7 Å². The van der Waals surface area contributed by atoms with Crippen LogP contribution in [0.3, 0.4) is 0 Å². The second-order valence-corrected chi connectivity index (χ2v) is 5.32. The highest BCUT2D eigenvalue weighted by Crippen LogP contribution is 2.11. The van der Waals surface area contributed by atoms with E-state index in [4.69, 9.17) is 15.2 Å². The molecule has 0 aromatic carbocycles. The van der Waals surface area contributed by atoms with Crippen LogP contribution in [0.4, 0.5) is 0 Å². The van der Waals surface area contributed by atoms with E-state index in [2.05, 4.69) is 9.89 Å². The standard InChI is InChI=1S/C14H27N3O2/c15-14(17-8-2-1-3-9-17)16-7-4-10-19-13-5-11-18-12-6-13/h13H,1-12H2,(H2,15,16). The Morgan fingerprint density at radius 3 is 2.68 bits per heavy atom. The molecule has 0 spiro atoms. The topological polar surface area (TPSA) is 60.1 Å². The van der Waals surface area contributed by atoms with Crippen molar-refractivity contribution in [1.29, 1.82) is 0 Å². The number of rotatable bonds is 5. The second-order valence-electron chi connectivity index (χ2n) is 5.32. The molecule has 5 heteroatoms. The number of ether oxygens (including phenoxy) is 2. The van der Waals surface area contributed by atoms with E-state index < -0.39 is 0 Å². The lowest BCUT2D eigenvalue weighted by molar-refractivity contribution is -0.0318. The van der Waals surface area contributed by atoms with Gasteiger partial charge in [0.15, 0.2) is 5.96 Å². The number of hydrogen-bond acceptors (Lipinski definition) is 3. The summed E-state index contributed by atoms with van der Waals surface area (Å²) >= 11 is 0. The highest BCUT2D eigenvalue weighted by atomic mass is 16.5. The summed E-state index contributed by atoms with van der Waals surface area (Å²) in [6, 6.07) is 0.